The molecular weight excluding hydrogens is 658 g/mol. The van der Waals surface area contributed by atoms with E-state index in [1.807, 2.05) is 0 Å². The number of phenolic OH excluding ortho intramolecular Hbond substituents is 1. The van der Waals surface area contributed by atoms with E-state index in [0.717, 1.165) is 13.2 Å². The second kappa shape index (κ2) is 10.0. The van der Waals surface area contributed by atoms with Crippen molar-refractivity contribution >= 4 is 52.5 Å². The third kappa shape index (κ3) is 3.71. The summed E-state index contributed by atoms with van der Waals surface area (Å²) in [6.45, 7) is 0. The highest BCUT2D eigenvalue weighted by Crippen LogP contribution is 2.67. The van der Waals surface area contributed by atoms with Crippen LogP contribution in [0.2, 0.25) is 0 Å². The van der Waals surface area contributed by atoms with Gasteiger partial charge in [-0.1, -0.05) is 11.6 Å². The molecule has 6 rings (SSSR count). The summed E-state index contributed by atoms with van der Waals surface area (Å²) >= 11 is 14.0. The Morgan fingerprint density at radius 3 is 2.04 bits per heavy atom. The number of allylic oxidation sites excluding steroid dienone is 2. The van der Waals surface area contributed by atoms with Crippen LogP contribution in [-0.4, -0.2) is 63.0 Å². The molecule has 4 aliphatic rings. The number of hydrogen-bond donors (Lipinski definition) is 2. The van der Waals surface area contributed by atoms with Crippen LogP contribution in [0.15, 0.2) is 23.8 Å². The molecule has 2 aliphatic carbocycles. The molecule has 2 heterocycles. The summed E-state index contributed by atoms with van der Waals surface area (Å²) in [5, 5.41) is 21.3. The Balaban J connectivity index is 1.66. The lowest BCUT2D eigenvalue weighted by Gasteiger charge is -2.50. The molecule has 4 amide bonds. The third-order valence-corrected chi connectivity index (χ3v) is 10.4. The number of imide groups is 2. The fourth-order valence-corrected chi connectivity index (χ4v) is 7.95. The van der Waals surface area contributed by atoms with Gasteiger partial charge in [0.05, 0.1) is 26.1 Å². The van der Waals surface area contributed by atoms with Gasteiger partial charge in [0.2, 0.25) is 5.82 Å². The number of benzene rings is 2. The van der Waals surface area contributed by atoms with E-state index >= 15 is 8.78 Å². The number of aromatic hydroxyl groups is 1. The van der Waals surface area contributed by atoms with Crippen molar-refractivity contribution in [2.24, 2.45) is 17.8 Å². The van der Waals surface area contributed by atoms with E-state index in [4.69, 9.17) is 32.7 Å². The number of rotatable bonds is 4. The molecule has 0 radical (unpaired) electrons. The predicted octanol–water partition coefficient (Wildman–Crippen LogP) is 4.06. The molecule has 2 aromatic carbocycles. The van der Waals surface area contributed by atoms with Crippen LogP contribution in [0.25, 0.3) is 0 Å². The van der Waals surface area contributed by atoms with Crippen molar-refractivity contribution < 1.29 is 60.9 Å². The Hall–Kier alpha value is -3.95. The summed E-state index contributed by atoms with van der Waals surface area (Å²) in [5.74, 6) is -24.4. The Morgan fingerprint density at radius 2 is 1.47 bits per heavy atom. The Kier molecular flexibility index (Phi) is 6.92. The first-order chi connectivity index (χ1) is 21.1. The van der Waals surface area contributed by atoms with Crippen molar-refractivity contribution in [3.63, 3.8) is 0 Å². The normalized spacial score (nSPS) is 30.8. The van der Waals surface area contributed by atoms with Gasteiger partial charge in [-0.25, -0.2) is 26.9 Å². The molecule has 2 saturated heterocycles. The number of anilines is 1. The van der Waals surface area contributed by atoms with Crippen molar-refractivity contribution in [2.75, 3.05) is 19.1 Å². The van der Waals surface area contributed by atoms with Crippen molar-refractivity contribution in [1.82, 2.24) is 5.06 Å². The first-order valence-electron chi connectivity index (χ1n) is 13.1. The molecular formula is C28H19Cl2F5N2O8. The van der Waals surface area contributed by atoms with E-state index < -0.39 is 104 Å². The first-order valence-corrected chi connectivity index (χ1v) is 13.8. The molecule has 17 heteroatoms. The van der Waals surface area contributed by atoms with Gasteiger partial charge in [0.15, 0.2) is 33.0 Å². The standard InChI is InChI=1S/C28H19Cl2F5N2O8/c1-44-8-5-12(38)15(13(6-8)45-2)16-9-3-4-10-14(24(40)37(43)23(10)39)11(9)7-27(29)25(41)36(26(42)28(16,27)30)22-20(34)18(32)17(31)19(33)21(22)35/h3,5-6,10-11,14,16,38,43H,4,7H2,1-2H3. The van der Waals surface area contributed by atoms with Crippen molar-refractivity contribution in [3.8, 4) is 17.2 Å². The van der Waals surface area contributed by atoms with Gasteiger partial charge in [0.1, 0.15) is 22.9 Å². The molecule has 2 aromatic rings. The lowest BCUT2D eigenvalue weighted by Crippen LogP contribution is -2.60. The van der Waals surface area contributed by atoms with Crippen LogP contribution in [0.3, 0.4) is 0 Å². The molecule has 6 unspecified atom stereocenters. The number of carbonyl (C=O) groups excluding carboxylic acids is 4. The molecule has 0 bridgehead atoms. The minimum Gasteiger partial charge on any atom is -0.507 e. The van der Waals surface area contributed by atoms with Crippen molar-refractivity contribution in [2.45, 2.75) is 28.5 Å². The maximum atomic E-state index is 15.1. The van der Waals surface area contributed by atoms with Crippen LogP contribution in [-0.2, 0) is 19.2 Å². The number of hydrogen-bond acceptors (Lipinski definition) is 8. The largest absolute Gasteiger partial charge is 0.507 e. The molecule has 238 valence electrons. The van der Waals surface area contributed by atoms with E-state index in [0.29, 0.717) is 0 Å². The second-order valence-corrected chi connectivity index (χ2v) is 12.2. The van der Waals surface area contributed by atoms with Gasteiger partial charge in [-0.15, -0.1) is 23.2 Å². The predicted molar refractivity (Wildman–Crippen MR) is 141 cm³/mol. The van der Waals surface area contributed by atoms with Crippen LogP contribution in [0.1, 0.15) is 24.3 Å². The number of carbonyl (C=O) groups is 4. The summed E-state index contributed by atoms with van der Waals surface area (Å²) in [4.78, 5) is 48.1. The van der Waals surface area contributed by atoms with Gasteiger partial charge in [-0.3, -0.25) is 24.4 Å². The zero-order valence-corrected chi connectivity index (χ0v) is 24.4. The number of alkyl halides is 2. The average Bonchev–Trinajstić information content (AvgIpc) is 3.32. The highest BCUT2D eigenvalue weighted by atomic mass is 35.5. The maximum absolute atomic E-state index is 15.1. The van der Waals surface area contributed by atoms with Crippen molar-refractivity contribution in [3.05, 3.63) is 58.4 Å². The molecule has 3 fully saturated rings. The number of ether oxygens (including phenoxy) is 2. The summed E-state index contributed by atoms with van der Waals surface area (Å²) < 4.78 is 83.2. The third-order valence-electron chi connectivity index (χ3n) is 9.04. The number of methoxy groups -OCH3 is 2. The fraction of sp³-hybridized carbons (Fsp3) is 0.357. The van der Waals surface area contributed by atoms with Crippen LogP contribution in [0, 0.1) is 46.8 Å². The van der Waals surface area contributed by atoms with Gasteiger partial charge >= 0.3 is 0 Å². The minimum absolute atomic E-state index is 0.0447. The van der Waals surface area contributed by atoms with Crippen LogP contribution >= 0.6 is 23.2 Å². The van der Waals surface area contributed by atoms with Gasteiger partial charge < -0.3 is 14.6 Å². The first kappa shape index (κ1) is 31.0. The number of fused-ring (bicyclic) bond motifs is 4. The molecule has 45 heavy (non-hydrogen) atoms. The molecule has 10 nitrogen and oxygen atoms in total. The number of halogens is 7. The van der Waals surface area contributed by atoms with Crippen LogP contribution in [0.4, 0.5) is 27.6 Å². The SMILES string of the molecule is COc1cc(O)c(C2C3=CCC4C(=O)N(O)C(=O)C4C3CC3(Cl)C(=O)N(c4c(F)c(F)c(F)c(F)c4F)C(=O)C23Cl)c(OC)c1. The highest BCUT2D eigenvalue weighted by Gasteiger charge is 2.77. The molecule has 2 aliphatic heterocycles. The zero-order chi connectivity index (χ0) is 33.1. The average molecular weight is 677 g/mol. The van der Waals surface area contributed by atoms with Crippen molar-refractivity contribution in [1.29, 1.82) is 0 Å². The van der Waals surface area contributed by atoms with Gasteiger partial charge in [0.25, 0.3) is 23.6 Å². The van der Waals surface area contributed by atoms with Gasteiger partial charge in [0, 0.05) is 23.6 Å². The Labute approximate surface area is 259 Å². The number of amides is 4. The van der Waals surface area contributed by atoms with E-state index in [1.165, 1.54) is 19.3 Å². The minimum atomic E-state index is -2.87. The Bertz CT molecular complexity index is 1760. The van der Waals surface area contributed by atoms with Crippen LogP contribution < -0.4 is 14.4 Å². The van der Waals surface area contributed by atoms with Crippen LogP contribution in [0.5, 0.6) is 17.2 Å². The highest BCUT2D eigenvalue weighted by molar-refractivity contribution is 6.58. The van der Waals surface area contributed by atoms with E-state index in [2.05, 4.69) is 0 Å². The van der Waals surface area contributed by atoms with E-state index in [1.54, 1.807) is 0 Å². The second-order valence-electron chi connectivity index (χ2n) is 10.9. The summed E-state index contributed by atoms with van der Waals surface area (Å²) in [6, 6.07) is 2.33. The van der Waals surface area contributed by atoms with E-state index in [-0.39, 0.29) is 39.0 Å². The van der Waals surface area contributed by atoms with Gasteiger partial charge in [-0.2, -0.15) is 5.06 Å². The smallest absolute Gasteiger partial charge is 0.258 e. The quantitative estimate of drug-likeness (QED) is 0.0943. The fourth-order valence-electron chi connectivity index (χ4n) is 7.03. The summed E-state index contributed by atoms with van der Waals surface area (Å²) in [7, 11) is 2.41. The number of nitrogens with zero attached hydrogens (tertiary/aromatic N) is 2. The molecule has 0 aromatic heterocycles. The zero-order valence-electron chi connectivity index (χ0n) is 22.8. The summed E-state index contributed by atoms with van der Waals surface area (Å²) in [6.07, 6.45) is 0.424. The molecule has 6 atom stereocenters. The molecule has 1 saturated carbocycles. The maximum Gasteiger partial charge on any atom is 0.258 e. The molecule has 0 spiro atoms. The monoisotopic (exact) mass is 676 g/mol. The molecule has 2 N–H and O–H groups in total. The lowest BCUT2D eigenvalue weighted by molar-refractivity contribution is -0.173. The number of phenols is 1. The number of hydroxylamine groups is 2. The van der Waals surface area contributed by atoms with E-state index in [9.17, 15) is 42.7 Å². The lowest BCUT2D eigenvalue weighted by atomic mass is 9.56. The summed E-state index contributed by atoms with van der Waals surface area (Å²) in [5.41, 5.74) is -2.20. The van der Waals surface area contributed by atoms with Gasteiger partial charge in [-0.05, 0) is 18.8 Å². The Morgan fingerprint density at radius 1 is 0.867 bits per heavy atom. The topological polar surface area (TPSA) is 134 Å².